The van der Waals surface area contributed by atoms with Crippen molar-refractivity contribution in [3.05, 3.63) is 34.9 Å². The largest absolute Gasteiger partial charge is 0.462 e. The molecule has 8 heteroatoms. The van der Waals surface area contributed by atoms with Crippen molar-refractivity contribution in [2.45, 2.75) is 59.2 Å². The van der Waals surface area contributed by atoms with Gasteiger partial charge in [-0.2, -0.15) is 0 Å². The lowest BCUT2D eigenvalue weighted by Crippen LogP contribution is -2.24. The summed E-state index contributed by atoms with van der Waals surface area (Å²) in [5.41, 5.74) is -0.639. The van der Waals surface area contributed by atoms with E-state index in [2.05, 4.69) is 4.74 Å². The topological polar surface area (TPSA) is 52.6 Å². The molecule has 0 heterocycles. The third kappa shape index (κ3) is 6.31. The normalized spacial score (nSPS) is 12.2. The Morgan fingerprint density at radius 1 is 1.00 bits per heavy atom. The van der Waals surface area contributed by atoms with Crippen molar-refractivity contribution in [1.82, 2.24) is 0 Å². The van der Waals surface area contributed by atoms with Gasteiger partial charge in [0.15, 0.2) is 23.3 Å². The summed E-state index contributed by atoms with van der Waals surface area (Å²) < 4.78 is 62.4. The Kier molecular flexibility index (Phi) is 8.54. The van der Waals surface area contributed by atoms with E-state index in [1.807, 2.05) is 20.8 Å². The Labute approximate surface area is 149 Å². The van der Waals surface area contributed by atoms with E-state index in [0.717, 1.165) is 6.42 Å². The van der Waals surface area contributed by atoms with Crippen LogP contribution in [0.25, 0.3) is 0 Å². The highest BCUT2D eigenvalue weighted by atomic mass is 19.2. The number of ether oxygens (including phenoxy) is 2. The molecule has 1 rings (SSSR count). The van der Waals surface area contributed by atoms with Crippen molar-refractivity contribution in [2.75, 3.05) is 0 Å². The van der Waals surface area contributed by atoms with E-state index in [9.17, 15) is 27.2 Å². The summed E-state index contributed by atoms with van der Waals surface area (Å²) in [7, 11) is 0. The van der Waals surface area contributed by atoms with Gasteiger partial charge in [0.05, 0.1) is 12.8 Å². The van der Waals surface area contributed by atoms with Gasteiger partial charge in [0.2, 0.25) is 0 Å². The second kappa shape index (κ2) is 10.1. The van der Waals surface area contributed by atoms with E-state index in [4.69, 9.17) is 4.74 Å². The van der Waals surface area contributed by atoms with Crippen LogP contribution in [0.5, 0.6) is 0 Å². The van der Waals surface area contributed by atoms with Gasteiger partial charge in [-0.3, -0.25) is 9.59 Å². The standard InChI is InChI=1S/C18H22F4O4/c1-4-5-13(10(2)3)26-15(24)7-6-14(23)25-9-11-8-12(19)17(21)18(22)16(11)20/h8,10,13H,4-7,9H2,1-3H3. The molecule has 1 aromatic carbocycles. The minimum atomic E-state index is -1.98. The number of halogens is 4. The summed E-state index contributed by atoms with van der Waals surface area (Å²) in [6.07, 6.45) is 0.732. The van der Waals surface area contributed by atoms with Crippen molar-refractivity contribution in [2.24, 2.45) is 5.92 Å². The van der Waals surface area contributed by atoms with Gasteiger partial charge >= 0.3 is 11.9 Å². The Hall–Kier alpha value is -2.12. The fourth-order valence-corrected chi connectivity index (χ4v) is 2.20. The Bertz CT molecular complexity index is 647. The molecule has 0 radical (unpaired) electrons. The maximum Gasteiger partial charge on any atom is 0.306 e. The molecule has 26 heavy (non-hydrogen) atoms. The minimum absolute atomic E-state index is 0.136. The molecule has 1 aromatic rings. The average molecular weight is 378 g/mol. The van der Waals surface area contributed by atoms with Gasteiger partial charge in [-0.15, -0.1) is 0 Å². The smallest absolute Gasteiger partial charge is 0.306 e. The van der Waals surface area contributed by atoms with E-state index >= 15 is 0 Å². The molecule has 0 spiro atoms. The van der Waals surface area contributed by atoms with E-state index in [1.165, 1.54) is 0 Å². The van der Waals surface area contributed by atoms with Crippen LogP contribution in [0.15, 0.2) is 6.07 Å². The third-order valence-electron chi connectivity index (χ3n) is 3.70. The fourth-order valence-electron chi connectivity index (χ4n) is 2.20. The van der Waals surface area contributed by atoms with Crippen molar-refractivity contribution in [3.8, 4) is 0 Å². The lowest BCUT2D eigenvalue weighted by Gasteiger charge is -2.20. The molecular formula is C18H22F4O4. The molecule has 0 N–H and O–H groups in total. The first kappa shape index (κ1) is 21.9. The molecule has 4 nitrogen and oxygen atoms in total. The number of esters is 2. The lowest BCUT2D eigenvalue weighted by atomic mass is 10.0. The zero-order valence-electron chi connectivity index (χ0n) is 14.9. The second-order valence-corrected chi connectivity index (χ2v) is 6.18. The molecular weight excluding hydrogens is 356 g/mol. The maximum atomic E-state index is 13.5. The molecule has 146 valence electrons. The van der Waals surface area contributed by atoms with Gasteiger partial charge in [-0.25, -0.2) is 17.6 Å². The predicted molar refractivity (Wildman–Crippen MR) is 84.9 cm³/mol. The van der Waals surface area contributed by atoms with Crippen LogP contribution < -0.4 is 0 Å². The predicted octanol–water partition coefficient (Wildman–Crippen LogP) is 4.43. The van der Waals surface area contributed by atoms with Crippen LogP contribution in [0.2, 0.25) is 0 Å². The molecule has 0 fully saturated rings. The van der Waals surface area contributed by atoms with Crippen LogP contribution in [0.4, 0.5) is 17.6 Å². The number of hydrogen-bond donors (Lipinski definition) is 0. The summed E-state index contributed by atoms with van der Waals surface area (Å²) in [6, 6.07) is 0.410. The molecule has 0 aliphatic rings. The maximum absolute atomic E-state index is 13.5. The number of rotatable bonds is 9. The van der Waals surface area contributed by atoms with Crippen LogP contribution in [0.3, 0.4) is 0 Å². The highest BCUT2D eigenvalue weighted by Crippen LogP contribution is 2.19. The van der Waals surface area contributed by atoms with Gasteiger partial charge < -0.3 is 9.47 Å². The number of benzene rings is 1. The molecule has 0 saturated carbocycles. The summed E-state index contributed by atoms with van der Waals surface area (Å²) in [6.45, 7) is 5.01. The molecule has 0 amide bonds. The first-order chi connectivity index (χ1) is 12.2. The van der Waals surface area contributed by atoms with Crippen LogP contribution in [-0.4, -0.2) is 18.0 Å². The first-order valence-electron chi connectivity index (χ1n) is 8.34. The monoisotopic (exact) mass is 378 g/mol. The summed E-state index contributed by atoms with van der Waals surface area (Å²) in [4.78, 5) is 23.4. The Morgan fingerprint density at radius 3 is 2.19 bits per heavy atom. The highest BCUT2D eigenvalue weighted by Gasteiger charge is 2.21. The number of hydrogen-bond acceptors (Lipinski definition) is 4. The zero-order chi connectivity index (χ0) is 19.9. The summed E-state index contributed by atoms with van der Waals surface area (Å²) in [5, 5.41) is 0. The van der Waals surface area contributed by atoms with Crippen LogP contribution >= 0.6 is 0 Å². The summed E-state index contributed by atoms with van der Waals surface area (Å²) >= 11 is 0. The molecule has 0 aliphatic carbocycles. The molecule has 0 saturated heterocycles. The van der Waals surface area contributed by atoms with Crippen molar-refractivity contribution >= 4 is 11.9 Å². The van der Waals surface area contributed by atoms with Gasteiger partial charge in [0.1, 0.15) is 12.7 Å². The van der Waals surface area contributed by atoms with Crippen molar-refractivity contribution in [3.63, 3.8) is 0 Å². The Morgan fingerprint density at radius 2 is 1.62 bits per heavy atom. The Balaban J connectivity index is 2.49. The van der Waals surface area contributed by atoms with Gasteiger partial charge in [-0.05, 0) is 18.4 Å². The molecule has 0 aliphatic heterocycles. The van der Waals surface area contributed by atoms with Crippen molar-refractivity contribution < 1.29 is 36.6 Å². The molecule has 1 atom stereocenters. The fraction of sp³-hybridized carbons (Fsp3) is 0.556. The van der Waals surface area contributed by atoms with Crippen LogP contribution in [0.1, 0.15) is 52.0 Å². The van der Waals surface area contributed by atoms with Crippen molar-refractivity contribution in [1.29, 1.82) is 0 Å². The van der Waals surface area contributed by atoms with Gasteiger partial charge in [0.25, 0.3) is 0 Å². The average Bonchev–Trinajstić information content (AvgIpc) is 2.59. The lowest BCUT2D eigenvalue weighted by molar-refractivity contribution is -0.156. The van der Waals surface area contributed by atoms with Gasteiger partial charge in [0, 0.05) is 5.56 Å². The quantitative estimate of drug-likeness (QED) is 0.276. The van der Waals surface area contributed by atoms with Gasteiger partial charge in [-0.1, -0.05) is 27.2 Å². The van der Waals surface area contributed by atoms with E-state index in [-0.39, 0.29) is 24.9 Å². The van der Waals surface area contributed by atoms with Crippen LogP contribution in [-0.2, 0) is 25.7 Å². The molecule has 0 bridgehead atoms. The SMILES string of the molecule is CCCC(OC(=O)CCC(=O)OCc1cc(F)c(F)c(F)c1F)C(C)C. The number of carbonyl (C=O) groups is 2. The minimum Gasteiger partial charge on any atom is -0.462 e. The highest BCUT2D eigenvalue weighted by molar-refractivity contribution is 5.77. The second-order valence-electron chi connectivity index (χ2n) is 6.18. The van der Waals surface area contributed by atoms with E-state index < -0.39 is 47.4 Å². The molecule has 1 unspecified atom stereocenters. The third-order valence-corrected chi connectivity index (χ3v) is 3.70. The molecule has 0 aromatic heterocycles. The number of carbonyl (C=O) groups excluding carboxylic acids is 2. The summed E-state index contributed by atoms with van der Waals surface area (Å²) in [5.74, 6) is -8.44. The zero-order valence-corrected chi connectivity index (χ0v) is 14.9. The van der Waals surface area contributed by atoms with E-state index in [0.29, 0.717) is 12.5 Å². The first-order valence-corrected chi connectivity index (χ1v) is 8.34. The van der Waals surface area contributed by atoms with Crippen LogP contribution in [0, 0.1) is 29.2 Å². The van der Waals surface area contributed by atoms with E-state index in [1.54, 1.807) is 0 Å².